The van der Waals surface area contributed by atoms with Crippen molar-refractivity contribution in [1.29, 1.82) is 0 Å². The van der Waals surface area contributed by atoms with E-state index in [4.69, 9.17) is 5.73 Å². The molecule has 5 heteroatoms. The standard InChI is InChI=1S/C16H16IN3O/c17-13-7-5-12(6-8-13)11-19-9-10-20(16(19)21)15-4-2-1-3-14(15)18/h1-8H,9-11,18H2. The quantitative estimate of drug-likeness (QED) is 0.643. The first-order valence-electron chi connectivity index (χ1n) is 6.80. The molecule has 2 aromatic carbocycles. The average Bonchev–Trinajstić information content (AvgIpc) is 2.83. The number of hydrogen-bond acceptors (Lipinski definition) is 2. The predicted molar refractivity (Wildman–Crippen MR) is 93.2 cm³/mol. The van der Waals surface area contributed by atoms with Crippen LogP contribution in [0.2, 0.25) is 0 Å². The fraction of sp³-hybridized carbons (Fsp3) is 0.188. The molecule has 0 spiro atoms. The van der Waals surface area contributed by atoms with Crippen molar-refractivity contribution in [3.63, 3.8) is 0 Å². The van der Waals surface area contributed by atoms with Crippen molar-refractivity contribution in [2.24, 2.45) is 0 Å². The Hall–Kier alpha value is -1.76. The van der Waals surface area contributed by atoms with Gasteiger partial charge in [-0.1, -0.05) is 24.3 Å². The first kappa shape index (κ1) is 14.2. The van der Waals surface area contributed by atoms with E-state index in [0.717, 1.165) is 17.8 Å². The third kappa shape index (κ3) is 2.97. The monoisotopic (exact) mass is 393 g/mol. The Morgan fingerprint density at radius 3 is 2.48 bits per heavy atom. The van der Waals surface area contributed by atoms with Crippen molar-refractivity contribution in [3.8, 4) is 0 Å². The van der Waals surface area contributed by atoms with Gasteiger partial charge in [0, 0.05) is 23.2 Å². The normalized spacial score (nSPS) is 14.8. The number of halogens is 1. The highest BCUT2D eigenvalue weighted by Gasteiger charge is 2.30. The van der Waals surface area contributed by atoms with Crippen molar-refractivity contribution in [2.45, 2.75) is 6.54 Å². The van der Waals surface area contributed by atoms with Crippen LogP contribution < -0.4 is 10.6 Å². The molecule has 1 fully saturated rings. The molecule has 21 heavy (non-hydrogen) atoms. The molecule has 0 aliphatic carbocycles. The lowest BCUT2D eigenvalue weighted by molar-refractivity contribution is 0.219. The zero-order valence-electron chi connectivity index (χ0n) is 11.5. The molecule has 2 N–H and O–H groups in total. The van der Waals surface area contributed by atoms with E-state index in [1.165, 1.54) is 3.57 Å². The SMILES string of the molecule is Nc1ccccc1N1CCN(Cc2ccc(I)cc2)C1=O. The number of nitrogens with two attached hydrogens (primary N) is 1. The van der Waals surface area contributed by atoms with E-state index in [1.54, 1.807) is 4.90 Å². The molecule has 3 rings (SSSR count). The van der Waals surface area contributed by atoms with Gasteiger partial charge in [0.1, 0.15) is 0 Å². The summed E-state index contributed by atoms with van der Waals surface area (Å²) in [5.41, 5.74) is 8.55. The van der Waals surface area contributed by atoms with E-state index in [9.17, 15) is 4.79 Å². The molecule has 1 aliphatic rings. The number of nitrogen functional groups attached to an aromatic ring is 1. The summed E-state index contributed by atoms with van der Waals surface area (Å²) in [5.74, 6) is 0. The van der Waals surface area contributed by atoms with Crippen molar-refractivity contribution < 1.29 is 4.79 Å². The maximum absolute atomic E-state index is 12.5. The molecular formula is C16H16IN3O. The van der Waals surface area contributed by atoms with Crippen LogP contribution >= 0.6 is 22.6 Å². The van der Waals surface area contributed by atoms with Gasteiger partial charge in [0.2, 0.25) is 0 Å². The summed E-state index contributed by atoms with van der Waals surface area (Å²) in [6.07, 6.45) is 0. The highest BCUT2D eigenvalue weighted by Crippen LogP contribution is 2.27. The van der Waals surface area contributed by atoms with Gasteiger partial charge in [-0.3, -0.25) is 4.90 Å². The molecule has 108 valence electrons. The lowest BCUT2D eigenvalue weighted by Crippen LogP contribution is -2.31. The van der Waals surface area contributed by atoms with Crippen LogP contribution in [0.1, 0.15) is 5.56 Å². The smallest absolute Gasteiger partial charge is 0.324 e. The predicted octanol–water partition coefficient (Wildman–Crippen LogP) is 3.32. The van der Waals surface area contributed by atoms with E-state index >= 15 is 0 Å². The third-order valence-electron chi connectivity index (χ3n) is 3.61. The van der Waals surface area contributed by atoms with Gasteiger partial charge in [-0.05, 0) is 52.4 Å². The molecule has 0 bridgehead atoms. The largest absolute Gasteiger partial charge is 0.397 e. The van der Waals surface area contributed by atoms with Crippen molar-refractivity contribution >= 4 is 40.0 Å². The molecule has 4 nitrogen and oxygen atoms in total. The van der Waals surface area contributed by atoms with Gasteiger partial charge >= 0.3 is 6.03 Å². The molecule has 0 unspecified atom stereocenters. The molecule has 0 aromatic heterocycles. The van der Waals surface area contributed by atoms with Crippen molar-refractivity contribution in [2.75, 3.05) is 23.7 Å². The number of carbonyl (C=O) groups is 1. The molecule has 0 atom stereocenters. The van der Waals surface area contributed by atoms with E-state index in [2.05, 4.69) is 46.9 Å². The fourth-order valence-electron chi connectivity index (χ4n) is 2.50. The lowest BCUT2D eigenvalue weighted by Gasteiger charge is -2.20. The van der Waals surface area contributed by atoms with Gasteiger partial charge in [0.15, 0.2) is 0 Å². The number of nitrogens with zero attached hydrogens (tertiary/aromatic N) is 2. The topological polar surface area (TPSA) is 49.6 Å². The van der Waals surface area contributed by atoms with Gasteiger partial charge < -0.3 is 10.6 Å². The van der Waals surface area contributed by atoms with Crippen LogP contribution in [0.25, 0.3) is 0 Å². The third-order valence-corrected chi connectivity index (χ3v) is 4.33. The minimum atomic E-state index is 0.0199. The van der Waals surface area contributed by atoms with Crippen LogP contribution in [0.4, 0.5) is 16.2 Å². The molecule has 0 radical (unpaired) electrons. The number of para-hydroxylation sites is 2. The van der Waals surface area contributed by atoms with E-state index in [1.807, 2.05) is 29.2 Å². The zero-order chi connectivity index (χ0) is 14.8. The van der Waals surface area contributed by atoms with Gasteiger partial charge in [0.25, 0.3) is 0 Å². The molecule has 2 amide bonds. The van der Waals surface area contributed by atoms with Crippen LogP contribution in [0.5, 0.6) is 0 Å². The fourth-order valence-corrected chi connectivity index (χ4v) is 2.86. The lowest BCUT2D eigenvalue weighted by atomic mass is 10.2. The minimum Gasteiger partial charge on any atom is -0.397 e. The van der Waals surface area contributed by atoms with Gasteiger partial charge in [-0.15, -0.1) is 0 Å². The van der Waals surface area contributed by atoms with Gasteiger partial charge in [-0.2, -0.15) is 0 Å². The number of amides is 2. The Bertz CT molecular complexity index is 657. The molecular weight excluding hydrogens is 377 g/mol. The highest BCUT2D eigenvalue weighted by atomic mass is 127. The molecule has 0 saturated carbocycles. The van der Waals surface area contributed by atoms with Crippen LogP contribution in [0.3, 0.4) is 0 Å². The Kier molecular flexibility index (Phi) is 4.01. The first-order valence-corrected chi connectivity index (χ1v) is 7.88. The average molecular weight is 393 g/mol. The highest BCUT2D eigenvalue weighted by molar-refractivity contribution is 14.1. The van der Waals surface area contributed by atoms with Crippen LogP contribution in [-0.2, 0) is 6.54 Å². The summed E-state index contributed by atoms with van der Waals surface area (Å²) in [6, 6.07) is 15.8. The minimum absolute atomic E-state index is 0.0199. The maximum atomic E-state index is 12.5. The van der Waals surface area contributed by atoms with E-state index in [0.29, 0.717) is 18.8 Å². The summed E-state index contributed by atoms with van der Waals surface area (Å²) in [6.45, 7) is 2.04. The number of benzene rings is 2. The number of carbonyl (C=O) groups excluding carboxylic acids is 1. The molecule has 1 aliphatic heterocycles. The van der Waals surface area contributed by atoms with E-state index in [-0.39, 0.29) is 6.03 Å². The van der Waals surface area contributed by atoms with Gasteiger partial charge in [-0.25, -0.2) is 4.79 Å². The Morgan fingerprint density at radius 1 is 1.05 bits per heavy atom. The second-order valence-corrected chi connectivity index (χ2v) is 6.29. The first-order chi connectivity index (χ1) is 10.1. The Morgan fingerprint density at radius 2 is 1.76 bits per heavy atom. The number of anilines is 2. The van der Waals surface area contributed by atoms with Gasteiger partial charge in [0.05, 0.1) is 11.4 Å². The molecule has 1 saturated heterocycles. The number of rotatable bonds is 3. The number of urea groups is 1. The van der Waals surface area contributed by atoms with Crippen molar-refractivity contribution in [3.05, 3.63) is 57.7 Å². The Labute approximate surface area is 137 Å². The molecule has 1 heterocycles. The summed E-state index contributed by atoms with van der Waals surface area (Å²) in [4.78, 5) is 16.1. The number of hydrogen-bond donors (Lipinski definition) is 1. The summed E-state index contributed by atoms with van der Waals surface area (Å²) >= 11 is 2.28. The second kappa shape index (κ2) is 5.93. The molecule has 2 aromatic rings. The van der Waals surface area contributed by atoms with Crippen LogP contribution in [0, 0.1) is 3.57 Å². The van der Waals surface area contributed by atoms with E-state index < -0.39 is 0 Å². The maximum Gasteiger partial charge on any atom is 0.324 e. The van der Waals surface area contributed by atoms with Crippen LogP contribution in [-0.4, -0.2) is 24.0 Å². The summed E-state index contributed by atoms with van der Waals surface area (Å²) in [7, 11) is 0. The second-order valence-electron chi connectivity index (χ2n) is 5.04. The van der Waals surface area contributed by atoms with Crippen LogP contribution in [0.15, 0.2) is 48.5 Å². The summed E-state index contributed by atoms with van der Waals surface area (Å²) < 4.78 is 1.20. The summed E-state index contributed by atoms with van der Waals surface area (Å²) in [5, 5.41) is 0. The Balaban J connectivity index is 1.75. The zero-order valence-corrected chi connectivity index (χ0v) is 13.7. The van der Waals surface area contributed by atoms with Crippen molar-refractivity contribution in [1.82, 2.24) is 4.90 Å².